The Hall–Kier alpha value is -2.34. The maximum absolute atomic E-state index is 12.5. The second kappa shape index (κ2) is 7.91. The van der Waals surface area contributed by atoms with Crippen LogP contribution < -0.4 is 11.1 Å². The molecule has 0 aliphatic carbocycles. The molecule has 0 spiro atoms. The number of fused-ring (bicyclic) bond motifs is 1. The summed E-state index contributed by atoms with van der Waals surface area (Å²) < 4.78 is 0. The van der Waals surface area contributed by atoms with E-state index in [1.54, 1.807) is 0 Å². The molecule has 0 bridgehead atoms. The molecule has 6 nitrogen and oxygen atoms in total. The van der Waals surface area contributed by atoms with E-state index in [1.165, 1.54) is 16.6 Å². The van der Waals surface area contributed by atoms with Gasteiger partial charge in [0.15, 0.2) is 0 Å². The van der Waals surface area contributed by atoms with E-state index >= 15 is 0 Å². The molecule has 1 fully saturated rings. The van der Waals surface area contributed by atoms with Gasteiger partial charge in [-0.05, 0) is 56.0 Å². The van der Waals surface area contributed by atoms with Crippen molar-refractivity contribution in [3.63, 3.8) is 0 Å². The van der Waals surface area contributed by atoms with Crippen LogP contribution in [0, 0.1) is 12.8 Å². The topological polar surface area (TPSA) is 91.2 Å². The van der Waals surface area contributed by atoms with E-state index in [4.69, 9.17) is 5.73 Å². The van der Waals surface area contributed by atoms with Gasteiger partial charge in [0.2, 0.25) is 11.8 Å². The minimum atomic E-state index is -0.340. The van der Waals surface area contributed by atoms with Gasteiger partial charge >= 0.3 is 0 Å². The third-order valence-electron chi connectivity index (χ3n) is 5.30. The van der Waals surface area contributed by atoms with Gasteiger partial charge < -0.3 is 16.0 Å². The van der Waals surface area contributed by atoms with Crippen molar-refractivity contribution < 1.29 is 9.59 Å². The largest absolute Gasteiger partial charge is 0.369 e. The van der Waals surface area contributed by atoms with Crippen molar-refractivity contribution in [1.29, 1.82) is 0 Å². The zero-order valence-electron chi connectivity index (χ0n) is 15.6. The maximum atomic E-state index is 12.5. The number of carbonyl (C=O) groups excluding carboxylic acids is 2. The van der Waals surface area contributed by atoms with Crippen LogP contribution >= 0.6 is 0 Å². The lowest BCUT2D eigenvalue weighted by Gasteiger charge is -2.31. The lowest BCUT2D eigenvalue weighted by molar-refractivity contribution is -0.128. The number of rotatable bonds is 6. The average molecular weight is 356 g/mol. The molecule has 2 amide bonds. The summed E-state index contributed by atoms with van der Waals surface area (Å²) in [7, 11) is 0. The number of nitrogens with two attached hydrogens (primary N) is 1. The standard InChI is InChI=1S/C20H28N4O2/c1-3-17-13(2)16-9-14(6-7-18(16)23-17)10-22-20(26)15-5-4-8-24(11-15)12-19(21)25/h6-7,9,15,23H,3-5,8,10-12H2,1-2H3,(H2,21,25)(H,22,26)/t15-/m0/s1. The summed E-state index contributed by atoms with van der Waals surface area (Å²) in [4.78, 5) is 29.0. The minimum Gasteiger partial charge on any atom is -0.369 e. The van der Waals surface area contributed by atoms with Crippen molar-refractivity contribution in [3.8, 4) is 0 Å². The number of likely N-dealkylation sites (tertiary alicyclic amines) is 1. The molecule has 4 N–H and O–H groups in total. The van der Waals surface area contributed by atoms with Gasteiger partial charge in [-0.1, -0.05) is 13.0 Å². The molecule has 26 heavy (non-hydrogen) atoms. The highest BCUT2D eigenvalue weighted by Gasteiger charge is 2.26. The van der Waals surface area contributed by atoms with Crippen molar-refractivity contribution >= 4 is 22.7 Å². The average Bonchev–Trinajstić information content (AvgIpc) is 2.95. The summed E-state index contributed by atoms with van der Waals surface area (Å²) in [5.74, 6) is -0.362. The molecule has 1 aliphatic heterocycles. The molecule has 140 valence electrons. The Labute approximate surface area is 154 Å². The Bertz CT molecular complexity index is 811. The Morgan fingerprint density at radius 3 is 2.92 bits per heavy atom. The summed E-state index contributed by atoms with van der Waals surface area (Å²) >= 11 is 0. The van der Waals surface area contributed by atoms with Crippen molar-refractivity contribution in [2.75, 3.05) is 19.6 Å². The summed E-state index contributed by atoms with van der Waals surface area (Å²) in [6.07, 6.45) is 2.76. The Morgan fingerprint density at radius 1 is 1.38 bits per heavy atom. The number of aryl methyl sites for hydroxylation is 2. The predicted octanol–water partition coefficient (Wildman–Crippen LogP) is 1.85. The van der Waals surface area contributed by atoms with Gasteiger partial charge in [0.05, 0.1) is 12.5 Å². The van der Waals surface area contributed by atoms with Crippen LogP contribution in [0.2, 0.25) is 0 Å². The minimum absolute atomic E-state index is 0.0549. The van der Waals surface area contributed by atoms with Crippen LogP contribution in [0.5, 0.6) is 0 Å². The first-order chi connectivity index (χ1) is 12.5. The van der Waals surface area contributed by atoms with Gasteiger partial charge in [-0.15, -0.1) is 0 Å². The number of aromatic amines is 1. The van der Waals surface area contributed by atoms with Gasteiger partial charge in [0.1, 0.15) is 0 Å². The van der Waals surface area contributed by atoms with Gasteiger partial charge in [-0.25, -0.2) is 0 Å². The molecule has 1 aliphatic rings. The number of nitrogens with one attached hydrogen (secondary N) is 2. The molecule has 1 saturated heterocycles. The van der Waals surface area contributed by atoms with E-state index in [1.807, 2.05) is 4.90 Å². The molecular formula is C20H28N4O2. The molecular weight excluding hydrogens is 328 g/mol. The highest BCUT2D eigenvalue weighted by Crippen LogP contribution is 2.23. The third kappa shape index (κ3) is 4.07. The summed E-state index contributed by atoms with van der Waals surface area (Å²) in [6, 6.07) is 6.29. The van der Waals surface area contributed by atoms with Crippen LogP contribution in [0.3, 0.4) is 0 Å². The molecule has 0 radical (unpaired) electrons. The highest BCUT2D eigenvalue weighted by atomic mass is 16.2. The number of piperidine rings is 1. The number of nitrogens with zero attached hydrogens (tertiary/aromatic N) is 1. The molecule has 1 atom stereocenters. The number of H-pyrrole nitrogens is 1. The number of amides is 2. The van der Waals surface area contributed by atoms with Gasteiger partial charge in [-0.2, -0.15) is 0 Å². The molecule has 2 aromatic rings. The molecule has 1 aromatic carbocycles. The van der Waals surface area contributed by atoms with E-state index in [9.17, 15) is 9.59 Å². The number of aromatic nitrogens is 1. The monoisotopic (exact) mass is 356 g/mol. The maximum Gasteiger partial charge on any atom is 0.231 e. The van der Waals surface area contributed by atoms with Crippen LogP contribution in [0.25, 0.3) is 10.9 Å². The first kappa shape index (κ1) is 18.5. The van der Waals surface area contributed by atoms with Gasteiger partial charge in [0.25, 0.3) is 0 Å². The first-order valence-corrected chi connectivity index (χ1v) is 9.36. The van der Waals surface area contributed by atoms with E-state index in [-0.39, 0.29) is 24.3 Å². The second-order valence-corrected chi connectivity index (χ2v) is 7.22. The van der Waals surface area contributed by atoms with Gasteiger partial charge in [0, 0.05) is 29.7 Å². The molecule has 6 heteroatoms. The summed E-state index contributed by atoms with van der Waals surface area (Å²) in [5.41, 5.74) is 10.0. The van der Waals surface area contributed by atoms with Crippen LogP contribution in [-0.2, 0) is 22.6 Å². The van der Waals surface area contributed by atoms with Crippen LogP contribution in [0.1, 0.15) is 36.6 Å². The molecule has 1 aromatic heterocycles. The zero-order chi connectivity index (χ0) is 18.7. The summed E-state index contributed by atoms with van der Waals surface area (Å²) in [6.45, 7) is 6.46. The Balaban J connectivity index is 1.61. The third-order valence-corrected chi connectivity index (χ3v) is 5.30. The molecule has 3 rings (SSSR count). The van der Waals surface area contributed by atoms with Crippen LogP contribution in [0.15, 0.2) is 18.2 Å². The molecule has 0 saturated carbocycles. The smallest absolute Gasteiger partial charge is 0.231 e. The van der Waals surface area contributed by atoms with E-state index in [0.29, 0.717) is 13.1 Å². The fraction of sp³-hybridized carbons (Fsp3) is 0.500. The second-order valence-electron chi connectivity index (χ2n) is 7.22. The van der Waals surface area contributed by atoms with E-state index < -0.39 is 0 Å². The lowest BCUT2D eigenvalue weighted by atomic mass is 9.97. The van der Waals surface area contributed by atoms with E-state index in [0.717, 1.165) is 36.9 Å². The van der Waals surface area contributed by atoms with Crippen LogP contribution in [-0.4, -0.2) is 41.3 Å². The van der Waals surface area contributed by atoms with Gasteiger partial charge in [-0.3, -0.25) is 14.5 Å². The first-order valence-electron chi connectivity index (χ1n) is 9.36. The number of primary amides is 1. The fourth-order valence-corrected chi connectivity index (χ4v) is 3.86. The van der Waals surface area contributed by atoms with Crippen molar-refractivity contribution in [2.24, 2.45) is 11.7 Å². The number of benzene rings is 1. The quantitative estimate of drug-likeness (QED) is 0.738. The van der Waals surface area contributed by atoms with Crippen molar-refractivity contribution in [3.05, 3.63) is 35.0 Å². The van der Waals surface area contributed by atoms with Crippen molar-refractivity contribution in [1.82, 2.24) is 15.2 Å². The Kier molecular flexibility index (Phi) is 5.61. The highest BCUT2D eigenvalue weighted by molar-refractivity contribution is 5.85. The molecule has 0 unspecified atom stereocenters. The Morgan fingerprint density at radius 2 is 2.19 bits per heavy atom. The number of hydrogen-bond donors (Lipinski definition) is 3. The summed E-state index contributed by atoms with van der Waals surface area (Å²) in [5, 5.41) is 4.28. The predicted molar refractivity (Wildman–Crippen MR) is 103 cm³/mol. The normalized spacial score (nSPS) is 18.2. The lowest BCUT2D eigenvalue weighted by Crippen LogP contribution is -2.45. The number of hydrogen-bond acceptors (Lipinski definition) is 3. The zero-order valence-corrected chi connectivity index (χ0v) is 15.6. The fourth-order valence-electron chi connectivity index (χ4n) is 3.86. The molecule has 2 heterocycles. The number of carbonyl (C=O) groups is 2. The van der Waals surface area contributed by atoms with Crippen LogP contribution in [0.4, 0.5) is 0 Å². The van der Waals surface area contributed by atoms with Crippen molar-refractivity contribution in [2.45, 2.75) is 39.7 Å². The van der Waals surface area contributed by atoms with E-state index in [2.05, 4.69) is 42.3 Å². The SMILES string of the molecule is CCc1[nH]c2ccc(CNC(=O)[C@H]3CCCN(CC(N)=O)C3)cc2c1C.